The van der Waals surface area contributed by atoms with Gasteiger partial charge in [0.05, 0.1) is 17.7 Å². The highest BCUT2D eigenvalue weighted by molar-refractivity contribution is 6.27. The van der Waals surface area contributed by atoms with Crippen LogP contribution in [0.25, 0.3) is 0 Å². The zero-order valence-electron chi connectivity index (χ0n) is 17.8. The molecule has 2 amide bonds. The highest BCUT2D eigenvalue weighted by Crippen LogP contribution is 2.36. The maximum atomic E-state index is 13.0. The summed E-state index contributed by atoms with van der Waals surface area (Å²) in [6.45, 7) is 1.63. The van der Waals surface area contributed by atoms with Gasteiger partial charge in [-0.2, -0.15) is 26.3 Å². The normalized spacial score (nSPS) is 12.7. The summed E-state index contributed by atoms with van der Waals surface area (Å²) in [6.07, 6.45) is -10.0. The van der Waals surface area contributed by atoms with Gasteiger partial charge in [0.15, 0.2) is 0 Å². The van der Waals surface area contributed by atoms with E-state index < -0.39 is 59.3 Å². The molecule has 0 fully saturated rings. The first-order valence-corrected chi connectivity index (χ1v) is 10.5. The fraction of sp³-hybridized carbons (Fsp3) is 0.364. The van der Waals surface area contributed by atoms with Crippen LogP contribution in [0.4, 0.5) is 26.3 Å². The van der Waals surface area contributed by atoms with Gasteiger partial charge in [-0.05, 0) is 48.4 Å². The number of ether oxygens (including phenoxy) is 1. The SMILES string of the molecule is CCOc1ccc(C[C@H](NC(=O)CCl)C(=O)NCc2cc(C(F)(F)F)cc(C(F)(F)F)c2)cc1. The van der Waals surface area contributed by atoms with Crippen molar-refractivity contribution in [2.24, 2.45) is 0 Å². The van der Waals surface area contributed by atoms with Crippen LogP contribution in [-0.2, 0) is 34.9 Å². The van der Waals surface area contributed by atoms with E-state index in [1.54, 1.807) is 31.2 Å². The van der Waals surface area contributed by atoms with Crippen molar-refractivity contribution in [3.8, 4) is 5.75 Å². The van der Waals surface area contributed by atoms with Gasteiger partial charge in [-0.3, -0.25) is 9.59 Å². The number of alkyl halides is 7. The Morgan fingerprint density at radius 3 is 1.97 bits per heavy atom. The molecule has 0 aliphatic heterocycles. The highest BCUT2D eigenvalue weighted by Gasteiger charge is 2.37. The summed E-state index contributed by atoms with van der Waals surface area (Å²) in [7, 11) is 0. The molecule has 2 aromatic rings. The van der Waals surface area contributed by atoms with E-state index in [9.17, 15) is 35.9 Å². The maximum absolute atomic E-state index is 13.0. The maximum Gasteiger partial charge on any atom is 0.416 e. The van der Waals surface area contributed by atoms with Gasteiger partial charge in [0.25, 0.3) is 0 Å². The van der Waals surface area contributed by atoms with Gasteiger partial charge in [0.1, 0.15) is 17.7 Å². The molecular formula is C22H21ClF6N2O3. The lowest BCUT2D eigenvalue weighted by molar-refractivity contribution is -0.143. The van der Waals surface area contributed by atoms with E-state index in [0.717, 1.165) is 0 Å². The summed E-state index contributed by atoms with van der Waals surface area (Å²) in [4.78, 5) is 24.4. The fourth-order valence-electron chi connectivity index (χ4n) is 3.00. The molecule has 0 aromatic heterocycles. The highest BCUT2D eigenvalue weighted by atomic mass is 35.5. The van der Waals surface area contributed by atoms with E-state index >= 15 is 0 Å². The topological polar surface area (TPSA) is 67.4 Å². The van der Waals surface area contributed by atoms with E-state index in [2.05, 4.69) is 10.6 Å². The third-order valence-corrected chi connectivity index (χ3v) is 4.80. The zero-order valence-corrected chi connectivity index (χ0v) is 18.6. The van der Waals surface area contributed by atoms with Crippen LogP contribution in [0, 0.1) is 0 Å². The minimum absolute atomic E-state index is 0.000730. The molecule has 0 unspecified atom stereocenters. The summed E-state index contributed by atoms with van der Waals surface area (Å²) >= 11 is 5.48. The molecule has 34 heavy (non-hydrogen) atoms. The van der Waals surface area contributed by atoms with Crippen LogP contribution in [-0.4, -0.2) is 30.3 Å². The second-order valence-electron chi connectivity index (χ2n) is 7.17. The van der Waals surface area contributed by atoms with Crippen molar-refractivity contribution >= 4 is 23.4 Å². The summed E-state index contributed by atoms with van der Waals surface area (Å²) in [5.41, 5.74) is -2.77. The molecule has 0 aliphatic rings. The first kappa shape index (κ1) is 27.3. The molecule has 0 spiro atoms. The Morgan fingerprint density at radius 1 is 0.941 bits per heavy atom. The Balaban J connectivity index is 2.20. The van der Waals surface area contributed by atoms with Crippen molar-refractivity contribution in [2.75, 3.05) is 12.5 Å². The monoisotopic (exact) mass is 510 g/mol. The average Bonchev–Trinajstić information content (AvgIpc) is 2.77. The molecular weight excluding hydrogens is 490 g/mol. The number of rotatable bonds is 9. The summed E-state index contributed by atoms with van der Waals surface area (Å²) in [5.74, 6) is -1.35. The van der Waals surface area contributed by atoms with Crippen molar-refractivity contribution in [3.05, 3.63) is 64.7 Å². The molecule has 0 saturated heterocycles. The summed E-state index contributed by atoms with van der Waals surface area (Å²) in [6, 6.07) is 6.48. The second-order valence-corrected chi connectivity index (χ2v) is 7.43. The molecule has 12 heteroatoms. The Morgan fingerprint density at radius 2 is 1.50 bits per heavy atom. The second kappa shape index (κ2) is 11.5. The Kier molecular flexibility index (Phi) is 9.20. The molecule has 2 rings (SSSR count). The van der Waals surface area contributed by atoms with Crippen molar-refractivity contribution < 1.29 is 40.7 Å². The van der Waals surface area contributed by atoms with Crippen LogP contribution in [0.5, 0.6) is 5.75 Å². The van der Waals surface area contributed by atoms with Gasteiger partial charge >= 0.3 is 12.4 Å². The molecule has 0 radical (unpaired) electrons. The van der Waals surface area contributed by atoms with Crippen LogP contribution in [0.1, 0.15) is 29.2 Å². The minimum Gasteiger partial charge on any atom is -0.494 e. The predicted octanol–water partition coefficient (Wildman–Crippen LogP) is 4.71. The number of hydrogen-bond donors (Lipinski definition) is 2. The quantitative estimate of drug-likeness (QED) is 0.379. The number of hydrogen-bond acceptors (Lipinski definition) is 3. The molecule has 1 atom stereocenters. The van der Waals surface area contributed by atoms with Crippen LogP contribution < -0.4 is 15.4 Å². The van der Waals surface area contributed by atoms with Gasteiger partial charge in [0.2, 0.25) is 11.8 Å². The van der Waals surface area contributed by atoms with E-state index in [1.807, 2.05) is 0 Å². The van der Waals surface area contributed by atoms with Crippen LogP contribution in [0.3, 0.4) is 0 Å². The molecule has 5 nitrogen and oxygen atoms in total. The van der Waals surface area contributed by atoms with E-state index in [-0.39, 0.29) is 12.5 Å². The van der Waals surface area contributed by atoms with Gasteiger partial charge in [-0.25, -0.2) is 0 Å². The predicted molar refractivity (Wildman–Crippen MR) is 112 cm³/mol. The molecule has 0 saturated carbocycles. The van der Waals surface area contributed by atoms with Gasteiger partial charge < -0.3 is 15.4 Å². The van der Waals surface area contributed by atoms with E-state index in [4.69, 9.17) is 16.3 Å². The van der Waals surface area contributed by atoms with Crippen molar-refractivity contribution in [3.63, 3.8) is 0 Å². The summed E-state index contributed by atoms with van der Waals surface area (Å²) in [5, 5.41) is 4.67. The molecule has 186 valence electrons. The van der Waals surface area contributed by atoms with Crippen molar-refractivity contribution in [1.82, 2.24) is 10.6 Å². The first-order valence-electron chi connectivity index (χ1n) is 9.96. The van der Waals surface area contributed by atoms with E-state index in [1.165, 1.54) is 0 Å². The summed E-state index contributed by atoms with van der Waals surface area (Å²) < 4.78 is 83.6. The standard InChI is InChI=1S/C22H21ClF6N2O3/c1-2-34-17-5-3-13(4-6-17)9-18(31-19(32)11-23)20(33)30-12-14-7-15(21(24,25)26)10-16(8-14)22(27,28)29/h3-8,10,18H,2,9,11-12H2,1H3,(H,30,33)(H,31,32)/t18-/m0/s1. The van der Waals surface area contributed by atoms with Crippen LogP contribution in [0.15, 0.2) is 42.5 Å². The molecule has 2 N–H and O–H groups in total. The number of nitrogens with one attached hydrogen (secondary N) is 2. The van der Waals surface area contributed by atoms with Crippen molar-refractivity contribution in [1.29, 1.82) is 0 Å². The third-order valence-electron chi connectivity index (χ3n) is 4.56. The first-order chi connectivity index (χ1) is 15.8. The molecule has 2 aromatic carbocycles. The van der Waals surface area contributed by atoms with Gasteiger partial charge in [-0.15, -0.1) is 11.6 Å². The zero-order chi connectivity index (χ0) is 25.5. The third kappa shape index (κ3) is 8.12. The lowest BCUT2D eigenvalue weighted by Gasteiger charge is -2.19. The Labute approximate surface area is 196 Å². The Hall–Kier alpha value is -2.95. The number of carbonyl (C=O) groups is 2. The average molecular weight is 511 g/mol. The van der Waals surface area contributed by atoms with Gasteiger partial charge in [-0.1, -0.05) is 12.1 Å². The number of amides is 2. The number of carbonyl (C=O) groups excluding carboxylic acids is 2. The van der Waals surface area contributed by atoms with Gasteiger partial charge in [0, 0.05) is 13.0 Å². The molecule has 0 bridgehead atoms. The number of benzene rings is 2. The van der Waals surface area contributed by atoms with Crippen LogP contribution in [0.2, 0.25) is 0 Å². The lowest BCUT2D eigenvalue weighted by Crippen LogP contribution is -2.48. The number of halogens is 7. The Bertz CT molecular complexity index is 961. The van der Waals surface area contributed by atoms with Crippen LogP contribution >= 0.6 is 11.6 Å². The largest absolute Gasteiger partial charge is 0.494 e. The smallest absolute Gasteiger partial charge is 0.416 e. The molecule has 0 heterocycles. The van der Waals surface area contributed by atoms with Crippen molar-refractivity contribution in [2.45, 2.75) is 38.3 Å². The van der Waals surface area contributed by atoms with E-state index in [0.29, 0.717) is 30.1 Å². The minimum atomic E-state index is -5.01. The molecule has 0 aliphatic carbocycles. The lowest BCUT2D eigenvalue weighted by atomic mass is 10.0. The fourth-order valence-corrected chi connectivity index (χ4v) is 3.08.